The van der Waals surface area contributed by atoms with Crippen LogP contribution >= 0.6 is 0 Å². The number of rotatable bonds is 6. The molecular weight excluding hydrogens is 289 g/mol. The van der Waals surface area contributed by atoms with Crippen LogP contribution in [0.15, 0.2) is 0 Å². The summed E-state index contributed by atoms with van der Waals surface area (Å²) in [6, 6.07) is 0. The smallest absolute Gasteiger partial charge is 0.303 e. The van der Waals surface area contributed by atoms with Crippen molar-refractivity contribution in [1.29, 1.82) is 0 Å². The maximum Gasteiger partial charge on any atom is 0.303 e. The van der Waals surface area contributed by atoms with Crippen LogP contribution in [0.4, 0.5) is 0 Å². The monoisotopic (exact) mass is 316 g/mol. The average Bonchev–Trinajstić information content (AvgIpc) is 1.87. The molecule has 0 saturated carbocycles. The summed E-state index contributed by atoms with van der Waals surface area (Å²) in [4.78, 5) is 10.0. The van der Waals surface area contributed by atoms with Gasteiger partial charge in [-0.1, -0.05) is 32.6 Å². The van der Waals surface area contributed by atoms with Crippen molar-refractivity contribution < 1.29 is 62.2 Å². The van der Waals surface area contributed by atoms with E-state index in [2.05, 4.69) is 6.92 Å². The normalized spacial score (nSPS) is 5.71. The van der Waals surface area contributed by atoms with E-state index < -0.39 is 5.97 Å². The molecule has 13 N–H and O–H groups in total. The standard InChI is InChI=1S/C8H16O2.6H2O.Zn/c1-2-3-4-5-6-7-8(9)10;;;;;;;/h2-7H2,1H3,(H,9,10);6*1H2;. The van der Waals surface area contributed by atoms with Crippen LogP contribution in [0.3, 0.4) is 0 Å². The van der Waals surface area contributed by atoms with E-state index in [1.165, 1.54) is 19.3 Å². The van der Waals surface area contributed by atoms with E-state index in [1.54, 1.807) is 0 Å². The molecule has 0 heterocycles. The number of carboxylic acid groups (broad SMARTS) is 1. The Labute approximate surface area is 114 Å². The fourth-order valence-electron chi connectivity index (χ4n) is 0.880. The third-order valence-corrected chi connectivity index (χ3v) is 1.49. The molecule has 17 heavy (non-hydrogen) atoms. The van der Waals surface area contributed by atoms with Gasteiger partial charge in [0.25, 0.3) is 0 Å². The van der Waals surface area contributed by atoms with E-state index in [1.807, 2.05) is 0 Å². The van der Waals surface area contributed by atoms with Gasteiger partial charge >= 0.3 is 5.97 Å². The Morgan fingerprint density at radius 1 is 0.824 bits per heavy atom. The molecule has 0 fully saturated rings. The molecule has 0 aliphatic heterocycles. The second-order valence-corrected chi connectivity index (χ2v) is 2.56. The Bertz CT molecular complexity index is 104. The molecule has 110 valence electrons. The van der Waals surface area contributed by atoms with Crippen molar-refractivity contribution in [3.05, 3.63) is 0 Å². The first-order valence-electron chi connectivity index (χ1n) is 3.99. The molecule has 0 radical (unpaired) electrons. The number of carboxylic acids is 1. The first-order chi connectivity index (χ1) is 4.77. The van der Waals surface area contributed by atoms with Crippen molar-refractivity contribution >= 4 is 5.97 Å². The van der Waals surface area contributed by atoms with E-state index in [0.29, 0.717) is 6.42 Å². The summed E-state index contributed by atoms with van der Waals surface area (Å²) in [7, 11) is 0. The molecule has 0 rings (SSSR count). The van der Waals surface area contributed by atoms with Crippen molar-refractivity contribution in [1.82, 2.24) is 0 Å². The van der Waals surface area contributed by atoms with Gasteiger partial charge in [-0.15, -0.1) is 0 Å². The second kappa shape index (κ2) is 44.6. The Balaban J connectivity index is -0.0000000193. The maximum atomic E-state index is 10.0. The van der Waals surface area contributed by atoms with E-state index >= 15 is 0 Å². The molecular formula is C8H28O8Zn. The Hall–Kier alpha value is -0.147. The largest absolute Gasteiger partial charge is 0.481 e. The number of aliphatic carboxylic acids is 1. The van der Waals surface area contributed by atoms with Crippen LogP contribution in [-0.2, 0) is 24.3 Å². The van der Waals surface area contributed by atoms with Crippen LogP contribution < -0.4 is 0 Å². The third kappa shape index (κ3) is 64.8. The zero-order chi connectivity index (χ0) is 7.82. The average molecular weight is 318 g/mol. The van der Waals surface area contributed by atoms with Crippen LogP contribution in [0, 0.1) is 0 Å². The van der Waals surface area contributed by atoms with Crippen LogP contribution in [-0.4, -0.2) is 43.9 Å². The van der Waals surface area contributed by atoms with E-state index in [9.17, 15) is 4.79 Å². The number of carbonyl (C=O) groups is 1. The van der Waals surface area contributed by atoms with Gasteiger partial charge < -0.3 is 38.0 Å². The summed E-state index contributed by atoms with van der Waals surface area (Å²) < 4.78 is 0. The minimum Gasteiger partial charge on any atom is -0.481 e. The summed E-state index contributed by atoms with van der Waals surface area (Å²) >= 11 is 0. The Kier molecular flexibility index (Phi) is 142. The number of hydrogen-bond donors (Lipinski definition) is 1. The maximum absolute atomic E-state index is 10.0. The van der Waals surface area contributed by atoms with Gasteiger partial charge in [0.2, 0.25) is 0 Å². The first-order valence-corrected chi connectivity index (χ1v) is 3.99. The topological polar surface area (TPSA) is 226 Å². The molecule has 0 spiro atoms. The molecule has 0 aliphatic rings. The molecule has 0 bridgehead atoms. The van der Waals surface area contributed by atoms with E-state index in [4.69, 9.17) is 5.11 Å². The van der Waals surface area contributed by atoms with E-state index in [0.717, 1.165) is 12.8 Å². The molecule has 9 heteroatoms. The molecule has 0 aromatic rings. The fourth-order valence-corrected chi connectivity index (χ4v) is 0.880. The molecule has 0 amide bonds. The van der Waals surface area contributed by atoms with Gasteiger partial charge in [-0.3, -0.25) is 4.79 Å². The Morgan fingerprint density at radius 3 is 1.47 bits per heavy atom. The van der Waals surface area contributed by atoms with Gasteiger partial charge in [-0.2, -0.15) is 0 Å². The van der Waals surface area contributed by atoms with E-state index in [-0.39, 0.29) is 52.3 Å². The van der Waals surface area contributed by atoms with Crippen LogP contribution in [0.1, 0.15) is 45.4 Å². The SMILES string of the molecule is CCCCCCCC(=O)O.O.O.O.O.O.O.[Zn]. The molecule has 0 aliphatic carbocycles. The van der Waals surface area contributed by atoms with Crippen molar-refractivity contribution in [3.8, 4) is 0 Å². The van der Waals surface area contributed by atoms with Crippen LogP contribution in [0.2, 0.25) is 0 Å². The van der Waals surface area contributed by atoms with Crippen molar-refractivity contribution in [2.75, 3.05) is 0 Å². The van der Waals surface area contributed by atoms with Gasteiger partial charge in [-0.25, -0.2) is 0 Å². The number of hydrogen-bond acceptors (Lipinski definition) is 1. The fraction of sp³-hybridized carbons (Fsp3) is 0.875. The predicted octanol–water partition coefficient (Wildman–Crippen LogP) is -2.52. The number of unbranched alkanes of at least 4 members (excludes halogenated alkanes) is 4. The summed E-state index contributed by atoms with van der Waals surface area (Å²) in [5, 5.41) is 8.27. The second-order valence-electron chi connectivity index (χ2n) is 2.56. The minimum absolute atomic E-state index is 0. The van der Waals surface area contributed by atoms with Crippen molar-refractivity contribution in [2.45, 2.75) is 45.4 Å². The molecule has 0 saturated heterocycles. The zero-order valence-electron chi connectivity index (χ0n) is 10.3. The quantitative estimate of drug-likeness (QED) is 0.413. The molecule has 8 nitrogen and oxygen atoms in total. The van der Waals surface area contributed by atoms with Crippen molar-refractivity contribution in [3.63, 3.8) is 0 Å². The van der Waals surface area contributed by atoms with Gasteiger partial charge in [-0.05, 0) is 6.42 Å². The zero-order valence-corrected chi connectivity index (χ0v) is 13.3. The first kappa shape index (κ1) is 54.0. The summed E-state index contributed by atoms with van der Waals surface area (Å²) in [6.45, 7) is 2.15. The van der Waals surface area contributed by atoms with Crippen LogP contribution in [0.25, 0.3) is 0 Å². The Morgan fingerprint density at radius 2 is 1.18 bits per heavy atom. The molecule has 0 unspecified atom stereocenters. The van der Waals surface area contributed by atoms with Gasteiger partial charge in [0.15, 0.2) is 0 Å². The predicted molar refractivity (Wildman–Crippen MR) is 62.7 cm³/mol. The molecule has 0 atom stereocenters. The van der Waals surface area contributed by atoms with Gasteiger partial charge in [0.05, 0.1) is 0 Å². The minimum atomic E-state index is -0.670. The van der Waals surface area contributed by atoms with Crippen LogP contribution in [0.5, 0.6) is 0 Å². The molecule has 0 aromatic heterocycles. The summed E-state index contributed by atoms with van der Waals surface area (Å²) in [5.74, 6) is -0.670. The van der Waals surface area contributed by atoms with Crippen molar-refractivity contribution in [2.24, 2.45) is 0 Å². The summed E-state index contributed by atoms with van der Waals surface area (Å²) in [5.41, 5.74) is 0. The molecule has 0 aromatic carbocycles. The van der Waals surface area contributed by atoms with Gasteiger partial charge in [0.1, 0.15) is 0 Å². The van der Waals surface area contributed by atoms with Gasteiger partial charge in [0, 0.05) is 25.9 Å². The third-order valence-electron chi connectivity index (χ3n) is 1.49. The summed E-state index contributed by atoms with van der Waals surface area (Å²) in [6.07, 6.45) is 5.88.